The third-order valence-corrected chi connectivity index (χ3v) is 31.1. The van der Waals surface area contributed by atoms with E-state index in [1.807, 2.05) is 0 Å². The number of nitrogens with zero attached hydrogens (tertiary/aromatic N) is 4. The van der Waals surface area contributed by atoms with Crippen molar-refractivity contribution in [1.82, 2.24) is 0 Å². The molecular formula is C116H120N4+4. The van der Waals surface area contributed by atoms with E-state index in [1.165, 1.54) is 199 Å². The molecule has 20 rings (SSSR count). The fourth-order valence-corrected chi connectivity index (χ4v) is 21.2. The zero-order valence-corrected chi connectivity index (χ0v) is 75.5. The Labute approximate surface area is 714 Å². The molecule has 0 unspecified atom stereocenters. The molecule has 4 aliphatic carbocycles. The number of hydrogen-bond donors (Lipinski definition) is 0. The molecule has 0 spiro atoms. The molecule has 16 aromatic rings. The maximum absolute atomic E-state index is 2.46. The van der Waals surface area contributed by atoms with Crippen LogP contribution in [0.15, 0.2) is 292 Å². The van der Waals surface area contributed by atoms with Crippen LogP contribution in [0.25, 0.3) is 133 Å². The maximum Gasteiger partial charge on any atom is 0.213 e. The highest BCUT2D eigenvalue weighted by Gasteiger charge is 2.52. The third kappa shape index (κ3) is 12.4. The molecule has 120 heavy (non-hydrogen) atoms. The van der Waals surface area contributed by atoms with Gasteiger partial charge in [0.25, 0.3) is 0 Å². The molecule has 0 atom stereocenters. The third-order valence-electron chi connectivity index (χ3n) is 31.1. The van der Waals surface area contributed by atoms with Crippen LogP contribution in [0, 0.1) is 27.7 Å². The molecule has 4 aliphatic rings. The maximum atomic E-state index is 2.46. The van der Waals surface area contributed by atoms with Gasteiger partial charge in [-0.05, 0) is 275 Å². The van der Waals surface area contributed by atoms with Crippen LogP contribution in [0.2, 0.25) is 0 Å². The zero-order valence-electron chi connectivity index (χ0n) is 75.5. The van der Waals surface area contributed by atoms with Crippen LogP contribution in [0.5, 0.6) is 0 Å². The molecule has 0 radical (unpaired) electrons. The smallest absolute Gasteiger partial charge is 0.201 e. The molecule has 12 aromatic carbocycles. The monoisotopic (exact) mass is 1570 g/mol. The summed E-state index contributed by atoms with van der Waals surface area (Å²) in [6, 6.07) is 99.1. The Morgan fingerprint density at radius 1 is 0.183 bits per heavy atom. The Bertz CT molecular complexity index is 6650. The minimum Gasteiger partial charge on any atom is -0.201 e. The predicted molar refractivity (Wildman–Crippen MR) is 507 cm³/mol. The number of aromatic nitrogens is 4. The first-order chi connectivity index (χ1) is 56.9. The predicted octanol–water partition coefficient (Wildman–Crippen LogP) is 27.5. The molecule has 0 saturated heterocycles. The van der Waals surface area contributed by atoms with Crippen LogP contribution < -0.4 is 18.3 Å². The van der Waals surface area contributed by atoms with E-state index in [-0.39, 0.29) is 43.3 Å². The lowest BCUT2D eigenvalue weighted by atomic mass is 9.54. The van der Waals surface area contributed by atoms with Crippen molar-refractivity contribution in [1.29, 1.82) is 0 Å². The Kier molecular flexibility index (Phi) is 19.5. The highest BCUT2D eigenvalue weighted by atomic mass is 14.9. The van der Waals surface area contributed by atoms with Gasteiger partial charge < -0.3 is 0 Å². The van der Waals surface area contributed by atoms with E-state index in [2.05, 4.69) is 477 Å². The molecule has 4 aromatic heterocycles. The first kappa shape index (κ1) is 80.7. The average molecular weight is 1570 g/mol. The molecule has 0 fully saturated rings. The van der Waals surface area contributed by atoms with Crippen LogP contribution in [0.1, 0.15) is 178 Å². The minimum atomic E-state index is -0.00470. The average Bonchev–Trinajstić information content (AvgIpc) is 0.722. The molecular weight excluding hydrogens is 1450 g/mol. The summed E-state index contributed by atoms with van der Waals surface area (Å²) in [7, 11) is 8.55. The van der Waals surface area contributed by atoms with E-state index in [4.69, 9.17) is 0 Å². The molecule has 0 saturated carbocycles. The fraction of sp³-hybridized carbons (Fsp3) is 0.276. The van der Waals surface area contributed by atoms with Gasteiger partial charge in [0.1, 0.15) is 28.2 Å². The highest BCUT2D eigenvalue weighted by Crippen LogP contribution is 2.62. The van der Waals surface area contributed by atoms with Crippen molar-refractivity contribution in [2.24, 2.45) is 28.2 Å². The molecule has 0 aliphatic heterocycles. The van der Waals surface area contributed by atoms with E-state index in [1.54, 1.807) is 0 Å². The van der Waals surface area contributed by atoms with Gasteiger partial charge in [-0.1, -0.05) is 269 Å². The van der Waals surface area contributed by atoms with Gasteiger partial charge in [0.2, 0.25) is 22.8 Å². The molecule has 4 nitrogen and oxygen atoms in total. The second-order valence-electron chi connectivity index (χ2n) is 39.5. The van der Waals surface area contributed by atoms with Crippen molar-refractivity contribution in [2.75, 3.05) is 0 Å². The molecule has 600 valence electrons. The Morgan fingerprint density at radius 3 is 0.875 bits per heavy atom. The van der Waals surface area contributed by atoms with E-state index in [9.17, 15) is 0 Å². The van der Waals surface area contributed by atoms with Crippen molar-refractivity contribution in [3.8, 4) is 89.5 Å². The lowest BCUT2D eigenvalue weighted by molar-refractivity contribution is -0.660. The van der Waals surface area contributed by atoms with Crippen LogP contribution in [0.4, 0.5) is 0 Å². The van der Waals surface area contributed by atoms with Gasteiger partial charge >= 0.3 is 0 Å². The van der Waals surface area contributed by atoms with Crippen molar-refractivity contribution in [2.45, 2.75) is 182 Å². The van der Waals surface area contributed by atoms with E-state index in [0.717, 1.165) is 0 Å². The summed E-state index contributed by atoms with van der Waals surface area (Å²) in [4.78, 5) is 0. The van der Waals surface area contributed by atoms with Crippen molar-refractivity contribution in [3.05, 3.63) is 358 Å². The van der Waals surface area contributed by atoms with Gasteiger partial charge in [0, 0.05) is 70.5 Å². The standard InChI is InChI=1S/4C29H30N/c1-19-14-17-23-26(25(19)24-13-9-10-18-30(24)6)22-16-15-20-11-7-8-12-21(20)27(22)29(4,5)28(23,2)3;1-19-17-24-22-15-14-20-11-7-8-12-21(20)27(22)29(4,5)28(2,3)25(24)18-23(19)26-13-9-10-16-30(26)6;1-19-14-15-23-27(26(19)25-13-9-10-16-30(25)6)22-17-20-11-7-8-12-21(20)18-24(22)29(4,5)28(23,2)3;1-19-15-23-24-16-20-11-7-8-12-21(20)17-25(24)28(2,3)29(4,5)26(23)18-22(19)27-13-9-10-14-30(27)6/h4*7-18H,1-6H3/q4*+1. The Hall–Kier alpha value is -11.7. The van der Waals surface area contributed by atoms with Crippen LogP contribution in [-0.2, 0) is 71.5 Å². The summed E-state index contributed by atoms with van der Waals surface area (Å²) in [6.45, 7) is 47.6. The molecule has 0 N–H and O–H groups in total. The largest absolute Gasteiger partial charge is 0.213 e. The molecule has 4 heteroatoms. The summed E-state index contributed by atoms with van der Waals surface area (Å²) in [5.41, 5.74) is 38.5. The van der Waals surface area contributed by atoms with Crippen LogP contribution in [0.3, 0.4) is 0 Å². The first-order valence-electron chi connectivity index (χ1n) is 43.4. The number of hydrogen-bond acceptors (Lipinski definition) is 0. The van der Waals surface area contributed by atoms with Crippen molar-refractivity contribution >= 4 is 43.1 Å². The van der Waals surface area contributed by atoms with E-state index in [0.29, 0.717) is 0 Å². The summed E-state index contributed by atoms with van der Waals surface area (Å²) in [6.07, 6.45) is 8.55. The first-order valence-corrected chi connectivity index (χ1v) is 43.4. The van der Waals surface area contributed by atoms with Gasteiger partial charge in [-0.25, -0.2) is 18.3 Å². The van der Waals surface area contributed by atoms with Gasteiger partial charge in [0.05, 0.1) is 11.1 Å². The molecule has 0 amide bonds. The summed E-state index contributed by atoms with van der Waals surface area (Å²) >= 11 is 0. The van der Waals surface area contributed by atoms with Gasteiger partial charge in [-0.15, -0.1) is 0 Å². The van der Waals surface area contributed by atoms with Gasteiger partial charge in [-0.3, -0.25) is 0 Å². The Balaban J connectivity index is 0.000000114. The van der Waals surface area contributed by atoms with E-state index >= 15 is 0 Å². The summed E-state index contributed by atoms with van der Waals surface area (Å²) in [5.74, 6) is 0. The summed E-state index contributed by atoms with van der Waals surface area (Å²) in [5, 5.41) is 10.7. The number of fused-ring (bicyclic) bond motifs is 18. The lowest BCUT2D eigenvalue weighted by Gasteiger charge is -2.49. The summed E-state index contributed by atoms with van der Waals surface area (Å²) < 4.78 is 8.93. The van der Waals surface area contributed by atoms with Crippen molar-refractivity contribution < 1.29 is 18.3 Å². The van der Waals surface area contributed by atoms with Gasteiger partial charge in [-0.2, -0.15) is 0 Å². The van der Waals surface area contributed by atoms with Gasteiger partial charge in [0.15, 0.2) is 24.8 Å². The SMILES string of the molecule is Cc1cc2c(cc1-c1cccc[n+]1C)C(C)(C)C(C)(C)c1c-2ccc2ccccc12.Cc1cc2c(cc1-c1cccc[n+]1C)C(C)(C)C(C)(C)c1cc3ccccc3cc1-2.Cc1ccc2c(c1-c1cccc[n+]1C)-c1cc3ccccc3cc1C(C)(C)C2(C)C.Cc1ccc2c(c1-c1cccc[n+]1C)-c1ccc3ccccc3c1C(C)(C)C2(C)C. The molecule has 4 heterocycles. The minimum absolute atomic E-state index is 0.00159. The molecule has 0 bridgehead atoms. The normalized spacial score (nSPS) is 16.2. The number of rotatable bonds is 4. The second-order valence-corrected chi connectivity index (χ2v) is 39.5. The Morgan fingerprint density at radius 2 is 0.467 bits per heavy atom. The number of benzene rings is 12. The van der Waals surface area contributed by atoms with Crippen molar-refractivity contribution in [3.63, 3.8) is 0 Å². The lowest BCUT2D eigenvalue weighted by Crippen LogP contribution is -2.44. The second kappa shape index (κ2) is 29.0. The number of aryl methyl sites for hydroxylation is 8. The zero-order chi connectivity index (χ0) is 85.0. The fourth-order valence-electron chi connectivity index (χ4n) is 21.2. The van der Waals surface area contributed by atoms with Crippen LogP contribution >= 0.6 is 0 Å². The van der Waals surface area contributed by atoms with E-state index < -0.39 is 0 Å². The quantitative estimate of drug-likeness (QED) is 0.156. The number of pyridine rings is 4. The highest BCUT2D eigenvalue weighted by molar-refractivity contribution is 6.02. The van der Waals surface area contributed by atoms with Crippen LogP contribution in [-0.4, -0.2) is 0 Å². The topological polar surface area (TPSA) is 15.5 Å².